The topological polar surface area (TPSA) is 0 Å². The summed E-state index contributed by atoms with van der Waals surface area (Å²) in [4.78, 5) is 0. The molecule has 4 rings (SSSR count). The molecule has 0 spiro atoms. The second-order valence-electron chi connectivity index (χ2n) is 5.95. The number of fused-ring (bicyclic) bond motifs is 1. The van der Waals surface area contributed by atoms with E-state index in [9.17, 15) is 4.39 Å². The lowest BCUT2D eigenvalue weighted by Crippen LogP contribution is -1.88. The third kappa shape index (κ3) is 3.27. The van der Waals surface area contributed by atoms with Crippen LogP contribution in [0.1, 0.15) is 11.1 Å². The van der Waals surface area contributed by atoms with Gasteiger partial charge in [0.25, 0.3) is 0 Å². The Morgan fingerprint density at radius 3 is 2.38 bits per heavy atom. The maximum absolute atomic E-state index is 13.4. The summed E-state index contributed by atoms with van der Waals surface area (Å²) < 4.78 is 14.4. The number of halogens is 2. The van der Waals surface area contributed by atoms with Gasteiger partial charge in [-0.15, -0.1) is 0 Å². The van der Waals surface area contributed by atoms with Crippen LogP contribution in [0.5, 0.6) is 0 Å². The largest absolute Gasteiger partial charge is 0.207 e. The first-order valence-corrected chi connectivity index (χ1v) is 9.06. The SMILES string of the molecule is Fc1cccc(C#Cc2cccc(Br)c2-c2cccc3ccccc23)c1. The molecule has 0 saturated heterocycles. The van der Waals surface area contributed by atoms with Crippen molar-refractivity contribution < 1.29 is 4.39 Å². The minimum Gasteiger partial charge on any atom is -0.207 e. The third-order valence-electron chi connectivity index (χ3n) is 4.24. The molecule has 0 unspecified atom stereocenters. The second kappa shape index (κ2) is 7.15. The lowest BCUT2D eigenvalue weighted by Gasteiger charge is -2.11. The van der Waals surface area contributed by atoms with Crippen LogP contribution in [0, 0.1) is 17.7 Å². The van der Waals surface area contributed by atoms with Gasteiger partial charge in [0.05, 0.1) is 0 Å². The first-order chi connectivity index (χ1) is 12.7. The molecule has 4 aromatic carbocycles. The molecule has 0 N–H and O–H groups in total. The molecule has 4 aromatic rings. The van der Waals surface area contributed by atoms with Crippen LogP contribution in [0.4, 0.5) is 4.39 Å². The van der Waals surface area contributed by atoms with E-state index in [-0.39, 0.29) is 5.82 Å². The van der Waals surface area contributed by atoms with Gasteiger partial charge in [-0.1, -0.05) is 82.4 Å². The Kier molecular flexibility index (Phi) is 4.56. The molecular weight excluding hydrogens is 387 g/mol. The van der Waals surface area contributed by atoms with Crippen molar-refractivity contribution in [1.29, 1.82) is 0 Å². The molecule has 0 aliphatic heterocycles. The molecule has 0 saturated carbocycles. The van der Waals surface area contributed by atoms with Gasteiger partial charge in [-0.25, -0.2) is 4.39 Å². The quantitative estimate of drug-likeness (QED) is 0.308. The molecule has 26 heavy (non-hydrogen) atoms. The van der Waals surface area contributed by atoms with Crippen LogP contribution in [0.25, 0.3) is 21.9 Å². The van der Waals surface area contributed by atoms with Crippen molar-refractivity contribution in [2.75, 3.05) is 0 Å². The molecule has 0 nitrogen and oxygen atoms in total. The summed E-state index contributed by atoms with van der Waals surface area (Å²) in [6.45, 7) is 0. The minimum absolute atomic E-state index is 0.277. The summed E-state index contributed by atoms with van der Waals surface area (Å²) >= 11 is 3.68. The van der Waals surface area contributed by atoms with E-state index < -0.39 is 0 Å². The van der Waals surface area contributed by atoms with E-state index in [2.05, 4.69) is 58.1 Å². The molecular formula is C24H14BrF. The van der Waals surface area contributed by atoms with E-state index in [1.807, 2.05) is 36.4 Å². The van der Waals surface area contributed by atoms with Crippen LogP contribution in [0.2, 0.25) is 0 Å². The maximum atomic E-state index is 13.4. The Bertz CT molecular complexity index is 1160. The molecule has 0 aliphatic rings. The Morgan fingerprint density at radius 2 is 1.50 bits per heavy atom. The van der Waals surface area contributed by atoms with Gasteiger partial charge in [0, 0.05) is 21.2 Å². The van der Waals surface area contributed by atoms with Gasteiger partial charge < -0.3 is 0 Å². The fourth-order valence-electron chi connectivity index (χ4n) is 3.05. The predicted molar refractivity (Wildman–Crippen MR) is 109 cm³/mol. The first kappa shape index (κ1) is 16.6. The van der Waals surface area contributed by atoms with Crippen molar-refractivity contribution >= 4 is 26.7 Å². The van der Waals surface area contributed by atoms with E-state index in [1.165, 1.54) is 22.9 Å². The average molecular weight is 401 g/mol. The molecule has 0 bridgehead atoms. The fraction of sp³-hybridized carbons (Fsp3) is 0. The van der Waals surface area contributed by atoms with Gasteiger partial charge in [-0.2, -0.15) is 0 Å². The number of rotatable bonds is 1. The van der Waals surface area contributed by atoms with Crippen LogP contribution in [0.3, 0.4) is 0 Å². The zero-order valence-corrected chi connectivity index (χ0v) is 15.4. The van der Waals surface area contributed by atoms with Gasteiger partial charge in [0.15, 0.2) is 0 Å². The summed E-state index contributed by atoms with van der Waals surface area (Å²) in [5.74, 6) is 6.01. The van der Waals surface area contributed by atoms with Crippen molar-refractivity contribution in [2.45, 2.75) is 0 Å². The Hall–Kier alpha value is -2.89. The molecule has 0 atom stereocenters. The Balaban J connectivity index is 1.91. The summed E-state index contributed by atoms with van der Waals surface area (Å²) in [5, 5.41) is 2.36. The molecule has 0 radical (unpaired) electrons. The van der Waals surface area contributed by atoms with Crippen LogP contribution in [-0.4, -0.2) is 0 Å². The third-order valence-corrected chi connectivity index (χ3v) is 4.90. The Morgan fingerprint density at radius 1 is 0.731 bits per heavy atom. The molecule has 0 fully saturated rings. The monoisotopic (exact) mass is 400 g/mol. The van der Waals surface area contributed by atoms with Crippen LogP contribution in [0.15, 0.2) is 89.4 Å². The van der Waals surface area contributed by atoms with E-state index in [0.717, 1.165) is 21.2 Å². The molecule has 2 heteroatoms. The van der Waals surface area contributed by atoms with E-state index in [0.29, 0.717) is 5.56 Å². The van der Waals surface area contributed by atoms with Crippen molar-refractivity contribution in [1.82, 2.24) is 0 Å². The van der Waals surface area contributed by atoms with Gasteiger partial charge in [-0.3, -0.25) is 0 Å². The summed E-state index contributed by atoms with van der Waals surface area (Å²) in [6, 6.07) is 26.9. The minimum atomic E-state index is -0.277. The zero-order valence-electron chi connectivity index (χ0n) is 13.8. The molecule has 0 heterocycles. The fourth-order valence-corrected chi connectivity index (χ4v) is 3.63. The maximum Gasteiger partial charge on any atom is 0.124 e. The highest BCUT2D eigenvalue weighted by molar-refractivity contribution is 9.10. The van der Waals surface area contributed by atoms with Crippen LogP contribution >= 0.6 is 15.9 Å². The van der Waals surface area contributed by atoms with Crippen molar-refractivity contribution in [3.05, 3.63) is 106 Å². The van der Waals surface area contributed by atoms with E-state index >= 15 is 0 Å². The molecule has 0 aliphatic carbocycles. The number of benzene rings is 4. The van der Waals surface area contributed by atoms with E-state index in [1.54, 1.807) is 6.07 Å². The highest BCUT2D eigenvalue weighted by Crippen LogP contribution is 2.36. The first-order valence-electron chi connectivity index (χ1n) is 8.26. The van der Waals surface area contributed by atoms with Gasteiger partial charge in [-0.05, 0) is 46.7 Å². The molecule has 124 valence electrons. The highest BCUT2D eigenvalue weighted by Gasteiger charge is 2.11. The number of hydrogen-bond acceptors (Lipinski definition) is 0. The van der Waals surface area contributed by atoms with Crippen molar-refractivity contribution in [2.24, 2.45) is 0 Å². The van der Waals surface area contributed by atoms with Gasteiger partial charge in [0.2, 0.25) is 0 Å². The Labute approximate surface area is 160 Å². The summed E-state index contributed by atoms with van der Waals surface area (Å²) in [7, 11) is 0. The lowest BCUT2D eigenvalue weighted by atomic mass is 9.94. The highest BCUT2D eigenvalue weighted by atomic mass is 79.9. The predicted octanol–water partition coefficient (Wildman–Crippen LogP) is 6.81. The summed E-state index contributed by atoms with van der Waals surface area (Å²) in [6.07, 6.45) is 0. The number of hydrogen-bond donors (Lipinski definition) is 0. The zero-order chi connectivity index (χ0) is 17.9. The summed E-state index contributed by atoms with van der Waals surface area (Å²) in [5.41, 5.74) is 3.74. The van der Waals surface area contributed by atoms with Gasteiger partial charge >= 0.3 is 0 Å². The lowest BCUT2D eigenvalue weighted by molar-refractivity contribution is 0.627. The molecule has 0 amide bonds. The van der Waals surface area contributed by atoms with Crippen LogP contribution < -0.4 is 0 Å². The molecule has 0 aromatic heterocycles. The standard InChI is InChI=1S/C24H14BrF/c25-23-13-5-9-19(15-14-17-6-3-10-20(26)16-17)24(23)22-12-4-8-18-7-1-2-11-21(18)22/h1-13,16H. The van der Waals surface area contributed by atoms with Crippen molar-refractivity contribution in [3.63, 3.8) is 0 Å². The second-order valence-corrected chi connectivity index (χ2v) is 6.80. The normalized spacial score (nSPS) is 10.4. The van der Waals surface area contributed by atoms with Crippen LogP contribution in [-0.2, 0) is 0 Å². The van der Waals surface area contributed by atoms with E-state index in [4.69, 9.17) is 0 Å². The smallest absolute Gasteiger partial charge is 0.124 e. The van der Waals surface area contributed by atoms with Crippen molar-refractivity contribution in [3.8, 4) is 23.0 Å². The average Bonchev–Trinajstić information content (AvgIpc) is 2.66. The van der Waals surface area contributed by atoms with Gasteiger partial charge in [0.1, 0.15) is 5.82 Å².